The highest BCUT2D eigenvalue weighted by Crippen LogP contribution is 2.11. The van der Waals surface area contributed by atoms with Gasteiger partial charge in [0.1, 0.15) is 5.69 Å². The lowest BCUT2D eigenvalue weighted by atomic mass is 10.3. The molecule has 4 nitrogen and oxygen atoms in total. The average molecular weight is 210 g/mol. The summed E-state index contributed by atoms with van der Waals surface area (Å²) in [6.45, 7) is 3.74. The molecule has 0 bridgehead atoms. The predicted octanol–water partition coefficient (Wildman–Crippen LogP) is 1.73. The van der Waals surface area contributed by atoms with Gasteiger partial charge in [0.2, 0.25) is 0 Å². The van der Waals surface area contributed by atoms with Gasteiger partial charge in [0.15, 0.2) is 5.65 Å². The minimum Gasteiger partial charge on any atom is -0.274 e. The summed E-state index contributed by atoms with van der Waals surface area (Å²) in [7, 11) is 0. The van der Waals surface area contributed by atoms with Crippen molar-refractivity contribution < 1.29 is 4.79 Å². The second-order valence-electron chi connectivity index (χ2n) is 3.14. The Morgan fingerprint density at radius 2 is 2.21 bits per heavy atom. The first-order valence-corrected chi connectivity index (χ1v) is 4.49. The van der Waals surface area contributed by atoms with E-state index in [9.17, 15) is 4.79 Å². The summed E-state index contributed by atoms with van der Waals surface area (Å²) >= 11 is 5.35. The number of aryl methyl sites for hydroxylation is 2. The molecule has 14 heavy (non-hydrogen) atoms. The maximum Gasteiger partial charge on any atom is 0.272 e. The van der Waals surface area contributed by atoms with Crippen molar-refractivity contribution in [3.63, 3.8) is 0 Å². The van der Waals surface area contributed by atoms with Crippen LogP contribution >= 0.6 is 11.6 Å². The van der Waals surface area contributed by atoms with Crippen LogP contribution in [0.25, 0.3) is 5.65 Å². The van der Waals surface area contributed by atoms with Gasteiger partial charge < -0.3 is 0 Å². The molecular formula is C9H8ClN3O. The lowest BCUT2D eigenvalue weighted by Crippen LogP contribution is -2.01. The Bertz CT molecular complexity index is 518. The van der Waals surface area contributed by atoms with Gasteiger partial charge in [0.05, 0.1) is 11.9 Å². The smallest absolute Gasteiger partial charge is 0.272 e. The van der Waals surface area contributed by atoms with Crippen molar-refractivity contribution in [3.05, 3.63) is 29.2 Å². The van der Waals surface area contributed by atoms with Crippen molar-refractivity contribution in [1.82, 2.24) is 14.6 Å². The first-order valence-electron chi connectivity index (χ1n) is 4.11. The maximum absolute atomic E-state index is 10.9. The zero-order chi connectivity index (χ0) is 10.3. The first kappa shape index (κ1) is 9.15. The number of hydrogen-bond donors (Lipinski definition) is 0. The molecule has 72 valence electrons. The lowest BCUT2D eigenvalue weighted by Gasteiger charge is -1.98. The molecule has 0 unspecified atom stereocenters. The Kier molecular flexibility index (Phi) is 2.00. The highest BCUT2D eigenvalue weighted by atomic mass is 35.5. The fourth-order valence-corrected chi connectivity index (χ4v) is 1.43. The van der Waals surface area contributed by atoms with Crippen LogP contribution in [0.4, 0.5) is 0 Å². The van der Waals surface area contributed by atoms with Crippen molar-refractivity contribution in [2.75, 3.05) is 0 Å². The second-order valence-corrected chi connectivity index (χ2v) is 3.48. The van der Waals surface area contributed by atoms with Gasteiger partial charge in [-0.2, -0.15) is 5.10 Å². The molecule has 0 aliphatic rings. The lowest BCUT2D eigenvalue weighted by molar-refractivity contribution is 0.107. The van der Waals surface area contributed by atoms with Crippen LogP contribution in [0.2, 0.25) is 0 Å². The highest BCUT2D eigenvalue weighted by Gasteiger charge is 2.09. The number of fused-ring (bicyclic) bond motifs is 1. The molecule has 0 atom stereocenters. The minimum absolute atomic E-state index is 0.245. The minimum atomic E-state index is -0.554. The molecule has 0 N–H and O–H groups in total. The van der Waals surface area contributed by atoms with E-state index < -0.39 is 5.24 Å². The molecule has 2 rings (SSSR count). The summed E-state index contributed by atoms with van der Waals surface area (Å²) in [5.41, 5.74) is 2.75. The topological polar surface area (TPSA) is 47.3 Å². The summed E-state index contributed by atoms with van der Waals surface area (Å²) in [5, 5.41) is 3.47. The number of halogens is 1. The zero-order valence-electron chi connectivity index (χ0n) is 7.78. The SMILES string of the molecule is Cc1cn2nc(C(=O)Cl)cc(C)c2n1. The quantitative estimate of drug-likeness (QED) is 0.672. The zero-order valence-corrected chi connectivity index (χ0v) is 8.54. The van der Waals surface area contributed by atoms with E-state index in [-0.39, 0.29) is 5.69 Å². The van der Waals surface area contributed by atoms with Gasteiger partial charge in [-0.25, -0.2) is 9.50 Å². The van der Waals surface area contributed by atoms with Crippen LogP contribution in [0, 0.1) is 13.8 Å². The number of imidazole rings is 1. The molecule has 0 aliphatic carbocycles. The van der Waals surface area contributed by atoms with Crippen LogP contribution in [-0.4, -0.2) is 19.8 Å². The highest BCUT2D eigenvalue weighted by molar-refractivity contribution is 6.67. The summed E-state index contributed by atoms with van der Waals surface area (Å²) in [6.07, 6.45) is 1.76. The van der Waals surface area contributed by atoms with Crippen molar-refractivity contribution in [2.45, 2.75) is 13.8 Å². The largest absolute Gasteiger partial charge is 0.274 e. The molecule has 0 radical (unpaired) electrons. The van der Waals surface area contributed by atoms with Crippen molar-refractivity contribution in [2.24, 2.45) is 0 Å². The Morgan fingerprint density at radius 1 is 1.50 bits per heavy atom. The molecule has 0 amide bonds. The number of hydrogen-bond acceptors (Lipinski definition) is 3. The molecule has 0 aromatic carbocycles. The molecule has 0 saturated heterocycles. The predicted molar refractivity (Wildman–Crippen MR) is 52.6 cm³/mol. The number of aromatic nitrogens is 3. The number of carbonyl (C=O) groups excluding carboxylic acids is 1. The van der Waals surface area contributed by atoms with Gasteiger partial charge in [0.25, 0.3) is 5.24 Å². The van der Waals surface area contributed by atoms with E-state index in [2.05, 4.69) is 10.1 Å². The monoisotopic (exact) mass is 209 g/mol. The molecular weight excluding hydrogens is 202 g/mol. The molecule has 5 heteroatoms. The van der Waals surface area contributed by atoms with Gasteiger partial charge in [-0.3, -0.25) is 4.79 Å². The van der Waals surface area contributed by atoms with Gasteiger partial charge in [-0.15, -0.1) is 0 Å². The van der Waals surface area contributed by atoms with E-state index in [1.807, 2.05) is 13.8 Å². The summed E-state index contributed by atoms with van der Waals surface area (Å²) < 4.78 is 1.57. The third-order valence-electron chi connectivity index (χ3n) is 1.93. The van der Waals surface area contributed by atoms with Crippen LogP contribution in [0.15, 0.2) is 12.3 Å². The Hall–Kier alpha value is -1.42. The molecule has 0 aliphatic heterocycles. The van der Waals surface area contributed by atoms with Gasteiger partial charge >= 0.3 is 0 Å². The Morgan fingerprint density at radius 3 is 2.86 bits per heavy atom. The average Bonchev–Trinajstić information content (AvgIpc) is 2.45. The van der Waals surface area contributed by atoms with E-state index in [4.69, 9.17) is 11.6 Å². The molecule has 0 saturated carbocycles. The fourth-order valence-electron chi connectivity index (χ4n) is 1.34. The molecule has 0 fully saturated rings. The molecule has 2 aromatic rings. The molecule has 2 heterocycles. The van der Waals surface area contributed by atoms with Crippen LogP contribution in [0.3, 0.4) is 0 Å². The maximum atomic E-state index is 10.9. The third-order valence-corrected chi connectivity index (χ3v) is 2.12. The number of carbonyl (C=O) groups is 1. The van der Waals surface area contributed by atoms with Crippen LogP contribution in [0.5, 0.6) is 0 Å². The normalized spacial score (nSPS) is 10.8. The summed E-state index contributed by atoms with van der Waals surface area (Å²) in [4.78, 5) is 15.2. The van der Waals surface area contributed by atoms with E-state index in [0.29, 0.717) is 0 Å². The van der Waals surface area contributed by atoms with Crippen LogP contribution in [-0.2, 0) is 0 Å². The van der Waals surface area contributed by atoms with E-state index in [1.54, 1.807) is 16.8 Å². The Labute approximate surface area is 85.5 Å². The number of nitrogens with zero attached hydrogens (tertiary/aromatic N) is 3. The van der Waals surface area contributed by atoms with Crippen LogP contribution in [0.1, 0.15) is 21.7 Å². The van der Waals surface area contributed by atoms with Crippen LogP contribution < -0.4 is 0 Å². The van der Waals surface area contributed by atoms with Gasteiger partial charge in [-0.05, 0) is 37.1 Å². The molecule has 2 aromatic heterocycles. The van der Waals surface area contributed by atoms with Crippen molar-refractivity contribution >= 4 is 22.5 Å². The van der Waals surface area contributed by atoms with Gasteiger partial charge in [0, 0.05) is 0 Å². The Balaban J connectivity index is 2.77. The summed E-state index contributed by atoms with van der Waals surface area (Å²) in [5.74, 6) is 0. The van der Waals surface area contributed by atoms with Crippen molar-refractivity contribution in [3.8, 4) is 0 Å². The fraction of sp³-hybridized carbons (Fsp3) is 0.222. The molecule has 0 spiro atoms. The third kappa shape index (κ3) is 1.37. The van der Waals surface area contributed by atoms with Crippen molar-refractivity contribution in [1.29, 1.82) is 0 Å². The second kappa shape index (κ2) is 3.06. The van der Waals surface area contributed by atoms with Gasteiger partial charge in [-0.1, -0.05) is 0 Å². The first-order chi connectivity index (χ1) is 6.58. The van der Waals surface area contributed by atoms with E-state index >= 15 is 0 Å². The summed E-state index contributed by atoms with van der Waals surface area (Å²) in [6, 6.07) is 1.64. The van der Waals surface area contributed by atoms with E-state index in [1.165, 1.54) is 0 Å². The number of rotatable bonds is 1. The van der Waals surface area contributed by atoms with E-state index in [0.717, 1.165) is 16.9 Å². The standard InChI is InChI=1S/C9H8ClN3O/c1-5-3-7(8(10)14)12-13-4-6(2)11-9(5)13/h3-4H,1-2H3.